The van der Waals surface area contributed by atoms with Crippen molar-refractivity contribution in [3.8, 4) is 0 Å². The maximum atomic E-state index is 10.3. The van der Waals surface area contributed by atoms with E-state index in [1.807, 2.05) is 9.80 Å². The fraction of sp³-hybridized carbons (Fsp3) is 0.556. The lowest BCUT2D eigenvalue weighted by molar-refractivity contribution is -0.138. The van der Waals surface area contributed by atoms with Crippen LogP contribution < -0.4 is 0 Å². The van der Waals surface area contributed by atoms with Gasteiger partial charge in [-0.15, -0.1) is 0 Å². The van der Waals surface area contributed by atoms with Gasteiger partial charge in [0.05, 0.1) is 19.5 Å². The molecule has 0 fully saturated rings. The summed E-state index contributed by atoms with van der Waals surface area (Å²) >= 11 is 0. The average molecular weight is 301 g/mol. The van der Waals surface area contributed by atoms with E-state index in [1.54, 1.807) is 12.4 Å². The molecule has 0 saturated carbocycles. The molecule has 0 unspecified atom stereocenters. The molecule has 0 aromatic rings. The van der Waals surface area contributed by atoms with E-state index in [4.69, 9.17) is 10.2 Å². The minimum absolute atomic E-state index is 0.0944. The quantitative estimate of drug-likeness (QED) is 0.568. The molecule has 0 saturated heterocycles. The van der Waals surface area contributed by atoms with E-state index in [2.05, 4.69) is 0 Å². The number of aliphatic carboxylic acids is 2. The van der Waals surface area contributed by atoms with Crippen LogP contribution >= 0.6 is 0 Å². The number of rotatable bonds is 6. The lowest BCUT2D eigenvalue weighted by Crippen LogP contribution is -2.28. The van der Waals surface area contributed by atoms with E-state index in [0.29, 0.717) is 19.8 Å². The zero-order chi connectivity index (χ0) is 15.8. The molecule has 0 aliphatic carbocycles. The summed E-state index contributed by atoms with van der Waals surface area (Å²) in [6.07, 6.45) is 3.75. The number of carboxylic acid groups (broad SMARTS) is 2. The zero-order valence-corrected chi connectivity index (χ0v) is 10.4. The van der Waals surface area contributed by atoms with Crippen molar-refractivity contribution in [2.45, 2.75) is 12.8 Å². The molecule has 2 N–H and O–H groups in total. The largest absolute Gasteiger partial charge is 0.673 e. The molecule has 0 amide bonds. The molecule has 116 valence electrons. The lowest BCUT2D eigenvalue weighted by atomic mass is 10.3. The molecule has 6 nitrogen and oxygen atoms in total. The number of hydrogen-bond acceptors (Lipinski definition) is 4. The standard InChI is InChI=1S/C9H14N2O4.BF4/c12-8(13)1-3-10-5-6-11(7-10)4-2-9(14)15;2-1(3,4)5/h5-6H,1-4,7H2,(H,12,13)(H,14,15);/q;-1. The van der Waals surface area contributed by atoms with Gasteiger partial charge < -0.3 is 37.3 Å². The summed E-state index contributed by atoms with van der Waals surface area (Å²) in [4.78, 5) is 24.3. The summed E-state index contributed by atoms with van der Waals surface area (Å²) < 4.78 is 39.0. The highest BCUT2D eigenvalue weighted by Crippen LogP contribution is 2.07. The first-order valence-electron chi connectivity index (χ1n) is 5.55. The molecule has 0 atom stereocenters. The van der Waals surface area contributed by atoms with Gasteiger partial charge in [0.1, 0.15) is 0 Å². The number of carbonyl (C=O) groups is 2. The van der Waals surface area contributed by atoms with Crippen LogP contribution in [-0.4, -0.2) is 59.0 Å². The molecule has 1 rings (SSSR count). The van der Waals surface area contributed by atoms with Crippen LogP contribution in [0.3, 0.4) is 0 Å². The van der Waals surface area contributed by atoms with E-state index in [9.17, 15) is 26.9 Å². The number of hydrogen-bond donors (Lipinski definition) is 2. The third-order valence-corrected chi connectivity index (χ3v) is 2.08. The van der Waals surface area contributed by atoms with E-state index >= 15 is 0 Å². The predicted octanol–water partition coefficient (Wildman–Crippen LogP) is 1.28. The Labute approximate surface area is 112 Å². The first-order chi connectivity index (χ1) is 9.08. The van der Waals surface area contributed by atoms with Gasteiger partial charge in [-0.2, -0.15) is 0 Å². The predicted molar refractivity (Wildman–Crippen MR) is 62.1 cm³/mol. The Morgan fingerprint density at radius 2 is 1.25 bits per heavy atom. The van der Waals surface area contributed by atoms with Crippen molar-refractivity contribution in [2.75, 3.05) is 19.8 Å². The van der Waals surface area contributed by atoms with Crippen molar-refractivity contribution in [1.82, 2.24) is 9.80 Å². The van der Waals surface area contributed by atoms with Crippen LogP contribution in [0.25, 0.3) is 0 Å². The Hall–Kier alpha value is -1.94. The minimum atomic E-state index is -6.00. The van der Waals surface area contributed by atoms with Gasteiger partial charge in [-0.1, -0.05) is 0 Å². The summed E-state index contributed by atoms with van der Waals surface area (Å²) in [6, 6.07) is 0. The van der Waals surface area contributed by atoms with Gasteiger partial charge in [-0.25, -0.2) is 0 Å². The second-order valence-electron chi connectivity index (χ2n) is 3.85. The fourth-order valence-electron chi connectivity index (χ4n) is 1.29. The van der Waals surface area contributed by atoms with Crippen molar-refractivity contribution in [1.29, 1.82) is 0 Å². The molecule has 1 heterocycles. The normalized spacial score (nSPS) is 14.0. The lowest BCUT2D eigenvalue weighted by Gasteiger charge is -2.19. The molecule has 11 heteroatoms. The third kappa shape index (κ3) is 12.5. The Balaban J connectivity index is 0.000000621. The van der Waals surface area contributed by atoms with Crippen LogP contribution in [-0.2, 0) is 9.59 Å². The summed E-state index contributed by atoms with van der Waals surface area (Å²) in [5, 5.41) is 16.9. The first-order valence-corrected chi connectivity index (χ1v) is 5.55. The van der Waals surface area contributed by atoms with Gasteiger partial charge in [0, 0.05) is 25.5 Å². The Morgan fingerprint density at radius 3 is 1.50 bits per heavy atom. The highest BCUT2D eigenvalue weighted by atomic mass is 19.5. The molecule has 0 aromatic carbocycles. The van der Waals surface area contributed by atoms with Crippen LogP contribution in [0.2, 0.25) is 0 Å². The van der Waals surface area contributed by atoms with E-state index in [1.165, 1.54) is 0 Å². The van der Waals surface area contributed by atoms with E-state index < -0.39 is 19.2 Å². The Kier molecular flexibility index (Phi) is 7.48. The second-order valence-corrected chi connectivity index (χ2v) is 3.85. The van der Waals surface area contributed by atoms with Crippen molar-refractivity contribution in [3.05, 3.63) is 12.4 Å². The number of nitrogens with zero attached hydrogens (tertiary/aromatic N) is 2. The van der Waals surface area contributed by atoms with Crippen LogP contribution in [0.5, 0.6) is 0 Å². The smallest absolute Gasteiger partial charge is 0.481 e. The molecular formula is C9H14BF4N2O4-. The summed E-state index contributed by atoms with van der Waals surface area (Å²) in [5.41, 5.74) is 0. The summed E-state index contributed by atoms with van der Waals surface area (Å²) in [7, 11) is -6.00. The molecule has 0 aromatic heterocycles. The number of halogens is 4. The molecule has 20 heavy (non-hydrogen) atoms. The van der Waals surface area contributed by atoms with Crippen LogP contribution in [0, 0.1) is 0 Å². The highest BCUT2D eigenvalue weighted by molar-refractivity contribution is 6.50. The summed E-state index contributed by atoms with van der Waals surface area (Å²) in [5.74, 6) is -1.65. The van der Waals surface area contributed by atoms with Crippen LogP contribution in [0.4, 0.5) is 17.3 Å². The topological polar surface area (TPSA) is 81.1 Å². The molecule has 0 spiro atoms. The SMILES string of the molecule is F[B-](F)(F)F.O=C(O)CCN1C=CN(CCC(=O)O)C1. The Bertz CT molecular complexity index is 332. The second kappa shape index (κ2) is 8.28. The maximum Gasteiger partial charge on any atom is 0.673 e. The molecular weight excluding hydrogens is 287 g/mol. The van der Waals surface area contributed by atoms with Crippen molar-refractivity contribution in [2.24, 2.45) is 0 Å². The van der Waals surface area contributed by atoms with Gasteiger partial charge in [0.2, 0.25) is 0 Å². The van der Waals surface area contributed by atoms with Gasteiger partial charge in [0.15, 0.2) is 0 Å². The first kappa shape index (κ1) is 18.1. The van der Waals surface area contributed by atoms with Gasteiger partial charge in [-0.3, -0.25) is 9.59 Å². The third-order valence-electron chi connectivity index (χ3n) is 2.08. The summed E-state index contributed by atoms with van der Waals surface area (Å²) in [6.45, 7) is 1.48. The van der Waals surface area contributed by atoms with Gasteiger partial charge in [0.25, 0.3) is 0 Å². The van der Waals surface area contributed by atoms with Gasteiger partial charge in [-0.05, 0) is 0 Å². The monoisotopic (exact) mass is 301 g/mol. The highest BCUT2D eigenvalue weighted by Gasteiger charge is 2.20. The van der Waals surface area contributed by atoms with E-state index in [-0.39, 0.29) is 12.8 Å². The Morgan fingerprint density at radius 1 is 0.950 bits per heavy atom. The van der Waals surface area contributed by atoms with Crippen molar-refractivity contribution in [3.63, 3.8) is 0 Å². The number of carboxylic acids is 2. The fourth-order valence-corrected chi connectivity index (χ4v) is 1.29. The minimum Gasteiger partial charge on any atom is -0.481 e. The van der Waals surface area contributed by atoms with Crippen LogP contribution in [0.15, 0.2) is 12.4 Å². The molecule has 1 aliphatic heterocycles. The van der Waals surface area contributed by atoms with Crippen molar-refractivity contribution < 1.29 is 37.1 Å². The zero-order valence-electron chi connectivity index (χ0n) is 10.4. The van der Waals surface area contributed by atoms with E-state index in [0.717, 1.165) is 0 Å². The molecule has 0 bridgehead atoms. The molecule has 1 aliphatic rings. The molecule has 0 radical (unpaired) electrons. The van der Waals surface area contributed by atoms with Crippen LogP contribution in [0.1, 0.15) is 12.8 Å². The van der Waals surface area contributed by atoms with Gasteiger partial charge >= 0.3 is 19.2 Å². The maximum absolute atomic E-state index is 10.3. The van der Waals surface area contributed by atoms with Crippen molar-refractivity contribution >= 4 is 19.2 Å². The average Bonchev–Trinajstić information content (AvgIpc) is 2.69.